The maximum Gasteiger partial charge on any atom is 0.260 e. The molecule has 2 rings (SSSR count). The second kappa shape index (κ2) is 6.75. The van der Waals surface area contributed by atoms with Crippen molar-refractivity contribution in [3.05, 3.63) is 40.9 Å². The molecule has 1 amide bonds. The van der Waals surface area contributed by atoms with Crippen LogP contribution in [0.25, 0.3) is 10.8 Å². The SMILES string of the molecule is CCCNC(=O)C(C)Oc1ccc2ccccc2c1Br. The standard InChI is InChI=1S/C16H18BrNO2/c1-3-10-18-16(19)11(2)20-14-9-8-12-6-4-5-7-13(12)15(14)17/h4-9,11H,3,10H2,1-2H3,(H,18,19). The number of rotatable bonds is 5. The predicted octanol–water partition coefficient (Wildman–Crippen LogP) is 3.90. The summed E-state index contributed by atoms with van der Waals surface area (Å²) in [5, 5.41) is 5.04. The Balaban J connectivity index is 2.17. The molecular weight excluding hydrogens is 318 g/mol. The van der Waals surface area contributed by atoms with Crippen molar-refractivity contribution in [3.63, 3.8) is 0 Å². The highest BCUT2D eigenvalue weighted by molar-refractivity contribution is 9.10. The van der Waals surface area contributed by atoms with Crippen LogP contribution in [0.15, 0.2) is 40.9 Å². The van der Waals surface area contributed by atoms with Crippen molar-refractivity contribution < 1.29 is 9.53 Å². The number of halogens is 1. The summed E-state index contributed by atoms with van der Waals surface area (Å²) < 4.78 is 6.63. The molecule has 0 heterocycles. The number of carbonyl (C=O) groups excluding carboxylic acids is 1. The summed E-state index contributed by atoms with van der Waals surface area (Å²) in [5.74, 6) is 0.592. The minimum atomic E-state index is -0.515. The predicted molar refractivity (Wildman–Crippen MR) is 85.0 cm³/mol. The van der Waals surface area contributed by atoms with Gasteiger partial charge in [-0.15, -0.1) is 0 Å². The summed E-state index contributed by atoms with van der Waals surface area (Å²) in [6, 6.07) is 11.9. The normalized spacial score (nSPS) is 12.2. The molecule has 0 radical (unpaired) electrons. The summed E-state index contributed by atoms with van der Waals surface area (Å²) in [7, 11) is 0. The van der Waals surface area contributed by atoms with Crippen molar-refractivity contribution in [2.75, 3.05) is 6.54 Å². The van der Waals surface area contributed by atoms with Crippen LogP contribution < -0.4 is 10.1 Å². The van der Waals surface area contributed by atoms with E-state index in [0.29, 0.717) is 12.3 Å². The Kier molecular flexibility index (Phi) is 5.01. The molecule has 0 aliphatic carbocycles. The van der Waals surface area contributed by atoms with Crippen molar-refractivity contribution in [1.82, 2.24) is 5.32 Å². The average Bonchev–Trinajstić information content (AvgIpc) is 2.47. The van der Waals surface area contributed by atoms with Gasteiger partial charge >= 0.3 is 0 Å². The molecule has 0 fully saturated rings. The van der Waals surface area contributed by atoms with E-state index in [1.807, 2.05) is 43.3 Å². The molecular formula is C16H18BrNO2. The lowest BCUT2D eigenvalue weighted by molar-refractivity contribution is -0.127. The molecule has 0 saturated heterocycles. The Labute approximate surface area is 127 Å². The van der Waals surface area contributed by atoms with E-state index >= 15 is 0 Å². The Bertz CT molecular complexity index is 612. The van der Waals surface area contributed by atoms with Gasteiger partial charge < -0.3 is 10.1 Å². The van der Waals surface area contributed by atoms with Gasteiger partial charge in [-0.3, -0.25) is 4.79 Å². The first kappa shape index (κ1) is 14.9. The van der Waals surface area contributed by atoms with Gasteiger partial charge in [-0.25, -0.2) is 0 Å². The summed E-state index contributed by atoms with van der Waals surface area (Å²) in [6.07, 6.45) is 0.400. The molecule has 1 atom stereocenters. The molecule has 3 nitrogen and oxygen atoms in total. The second-order valence-electron chi connectivity index (χ2n) is 4.65. The largest absolute Gasteiger partial charge is 0.480 e. The first-order valence-electron chi connectivity index (χ1n) is 6.75. The lowest BCUT2D eigenvalue weighted by atomic mass is 10.1. The average molecular weight is 336 g/mol. The van der Waals surface area contributed by atoms with Crippen molar-refractivity contribution in [2.45, 2.75) is 26.4 Å². The molecule has 0 spiro atoms. The number of hydrogen-bond acceptors (Lipinski definition) is 2. The molecule has 1 unspecified atom stereocenters. The Morgan fingerprint density at radius 2 is 2.05 bits per heavy atom. The number of ether oxygens (including phenoxy) is 1. The van der Waals surface area contributed by atoms with Crippen LogP contribution in [-0.2, 0) is 4.79 Å². The van der Waals surface area contributed by atoms with Crippen LogP contribution >= 0.6 is 15.9 Å². The number of hydrogen-bond donors (Lipinski definition) is 1. The van der Waals surface area contributed by atoms with Crippen molar-refractivity contribution >= 4 is 32.6 Å². The van der Waals surface area contributed by atoms with E-state index in [2.05, 4.69) is 21.2 Å². The van der Waals surface area contributed by atoms with Crippen LogP contribution in [0, 0.1) is 0 Å². The molecule has 0 bridgehead atoms. The van der Waals surface area contributed by atoms with E-state index < -0.39 is 6.10 Å². The number of nitrogens with one attached hydrogen (secondary N) is 1. The zero-order valence-electron chi connectivity index (χ0n) is 11.7. The summed E-state index contributed by atoms with van der Waals surface area (Å²) >= 11 is 3.56. The van der Waals surface area contributed by atoms with E-state index in [4.69, 9.17) is 4.74 Å². The molecule has 2 aromatic rings. The van der Waals surface area contributed by atoms with Crippen molar-refractivity contribution in [1.29, 1.82) is 0 Å². The number of carbonyl (C=O) groups is 1. The maximum absolute atomic E-state index is 11.8. The quantitative estimate of drug-likeness (QED) is 0.899. The van der Waals surface area contributed by atoms with Crippen LogP contribution in [-0.4, -0.2) is 18.6 Å². The van der Waals surface area contributed by atoms with Crippen LogP contribution in [0.2, 0.25) is 0 Å². The molecule has 2 aromatic carbocycles. The molecule has 4 heteroatoms. The maximum atomic E-state index is 11.8. The molecule has 0 saturated carbocycles. The van der Waals surface area contributed by atoms with Gasteiger partial charge in [0.05, 0.1) is 4.47 Å². The molecule has 0 aliphatic rings. The summed E-state index contributed by atoms with van der Waals surface area (Å²) in [4.78, 5) is 11.8. The molecule has 0 aliphatic heterocycles. The number of fused-ring (bicyclic) bond motifs is 1. The third kappa shape index (κ3) is 3.31. The van der Waals surface area contributed by atoms with Gasteiger partial charge in [0, 0.05) is 6.54 Å². The Hall–Kier alpha value is -1.55. The lowest BCUT2D eigenvalue weighted by Gasteiger charge is -2.16. The van der Waals surface area contributed by atoms with Crippen LogP contribution in [0.4, 0.5) is 0 Å². The Morgan fingerprint density at radius 3 is 2.80 bits per heavy atom. The fourth-order valence-electron chi connectivity index (χ4n) is 1.94. The third-order valence-corrected chi connectivity index (χ3v) is 3.87. The van der Waals surface area contributed by atoms with E-state index in [1.54, 1.807) is 6.92 Å². The highest BCUT2D eigenvalue weighted by atomic mass is 79.9. The lowest BCUT2D eigenvalue weighted by Crippen LogP contribution is -2.36. The van der Waals surface area contributed by atoms with Gasteiger partial charge in [-0.2, -0.15) is 0 Å². The van der Waals surface area contributed by atoms with Crippen molar-refractivity contribution in [3.8, 4) is 5.75 Å². The van der Waals surface area contributed by atoms with Gasteiger partial charge in [0.15, 0.2) is 6.10 Å². The molecule has 106 valence electrons. The number of amides is 1. The first-order valence-corrected chi connectivity index (χ1v) is 7.54. The topological polar surface area (TPSA) is 38.3 Å². The monoisotopic (exact) mass is 335 g/mol. The van der Waals surface area contributed by atoms with Gasteiger partial charge in [0.1, 0.15) is 5.75 Å². The van der Waals surface area contributed by atoms with E-state index in [1.165, 1.54) is 0 Å². The van der Waals surface area contributed by atoms with E-state index in [0.717, 1.165) is 21.7 Å². The van der Waals surface area contributed by atoms with Gasteiger partial charge in [-0.05, 0) is 46.1 Å². The zero-order chi connectivity index (χ0) is 14.5. The zero-order valence-corrected chi connectivity index (χ0v) is 13.2. The van der Waals surface area contributed by atoms with Crippen LogP contribution in [0.5, 0.6) is 5.75 Å². The number of benzene rings is 2. The fraction of sp³-hybridized carbons (Fsp3) is 0.312. The molecule has 0 aromatic heterocycles. The highest BCUT2D eigenvalue weighted by Gasteiger charge is 2.16. The third-order valence-electron chi connectivity index (χ3n) is 3.05. The van der Waals surface area contributed by atoms with Crippen molar-refractivity contribution in [2.24, 2.45) is 0 Å². The Morgan fingerprint density at radius 1 is 1.30 bits per heavy atom. The summed E-state index contributed by atoms with van der Waals surface area (Å²) in [6.45, 7) is 4.45. The van der Waals surface area contributed by atoms with E-state index in [-0.39, 0.29) is 5.91 Å². The van der Waals surface area contributed by atoms with Crippen LogP contribution in [0.3, 0.4) is 0 Å². The van der Waals surface area contributed by atoms with E-state index in [9.17, 15) is 4.79 Å². The van der Waals surface area contributed by atoms with Gasteiger partial charge in [0.25, 0.3) is 5.91 Å². The van der Waals surface area contributed by atoms with Crippen LogP contribution in [0.1, 0.15) is 20.3 Å². The molecule has 1 N–H and O–H groups in total. The van der Waals surface area contributed by atoms with Gasteiger partial charge in [-0.1, -0.05) is 37.3 Å². The summed E-state index contributed by atoms with van der Waals surface area (Å²) in [5.41, 5.74) is 0. The highest BCUT2D eigenvalue weighted by Crippen LogP contribution is 2.33. The second-order valence-corrected chi connectivity index (χ2v) is 5.44. The molecule has 20 heavy (non-hydrogen) atoms. The minimum Gasteiger partial charge on any atom is -0.480 e. The fourth-order valence-corrected chi connectivity index (χ4v) is 2.53. The first-order chi connectivity index (χ1) is 9.63. The smallest absolute Gasteiger partial charge is 0.260 e. The minimum absolute atomic E-state index is 0.0908. The van der Waals surface area contributed by atoms with Gasteiger partial charge in [0.2, 0.25) is 0 Å².